The average molecular weight is 373 g/mol. The van der Waals surface area contributed by atoms with E-state index in [9.17, 15) is 4.79 Å². The molecule has 1 aromatic rings. The van der Waals surface area contributed by atoms with Crippen molar-refractivity contribution in [1.29, 1.82) is 0 Å². The lowest BCUT2D eigenvalue weighted by Crippen LogP contribution is -2.41. The summed E-state index contributed by atoms with van der Waals surface area (Å²) in [6, 6.07) is 7.98. The summed E-state index contributed by atoms with van der Waals surface area (Å²) in [5, 5.41) is 0. The molecule has 1 amide bonds. The molecular weight excluding hydrogens is 341 g/mol. The highest BCUT2D eigenvalue weighted by Gasteiger charge is 2.51. The molecule has 2 aliphatic rings. The highest BCUT2D eigenvalue weighted by molar-refractivity contribution is 6.62. The summed E-state index contributed by atoms with van der Waals surface area (Å²) in [5.41, 5.74) is 0.341. The molecule has 148 valence electrons. The molecule has 1 unspecified atom stereocenters. The number of amides is 1. The van der Waals surface area contributed by atoms with Crippen molar-refractivity contribution in [1.82, 2.24) is 4.90 Å². The number of nitrogens with zero attached hydrogens (tertiary/aromatic N) is 1. The van der Waals surface area contributed by atoms with Crippen molar-refractivity contribution in [2.75, 3.05) is 20.2 Å². The van der Waals surface area contributed by atoms with Crippen LogP contribution in [0.2, 0.25) is 0 Å². The Bertz CT molecular complexity index is 643. The van der Waals surface area contributed by atoms with Gasteiger partial charge in [-0.15, -0.1) is 0 Å². The van der Waals surface area contributed by atoms with E-state index in [4.69, 9.17) is 14.0 Å². The first kappa shape index (κ1) is 20.2. The summed E-state index contributed by atoms with van der Waals surface area (Å²) in [4.78, 5) is 13.6. The van der Waals surface area contributed by atoms with Gasteiger partial charge in [0.1, 0.15) is 5.75 Å². The lowest BCUT2D eigenvalue weighted by molar-refractivity contribution is -0.129. The number of ether oxygens (including phenoxy) is 1. The minimum absolute atomic E-state index is 0.261. The van der Waals surface area contributed by atoms with Gasteiger partial charge in [0.2, 0.25) is 5.91 Å². The first-order valence-electron chi connectivity index (χ1n) is 10.0. The van der Waals surface area contributed by atoms with E-state index in [1.165, 1.54) is 0 Å². The number of hydrogen-bond donors (Lipinski definition) is 0. The van der Waals surface area contributed by atoms with Gasteiger partial charge in [-0.1, -0.05) is 12.1 Å². The molecule has 0 radical (unpaired) electrons. The molecule has 0 bridgehead atoms. The van der Waals surface area contributed by atoms with Crippen LogP contribution in [0.3, 0.4) is 0 Å². The SMILES string of the molecule is CN1CCC(CCOc2ccc(B3OC(C)(C)C(C)(C)O3)cc2)CCC1=O. The fourth-order valence-corrected chi connectivity index (χ4v) is 3.50. The Morgan fingerprint density at radius 3 is 2.37 bits per heavy atom. The number of benzene rings is 1. The van der Waals surface area contributed by atoms with E-state index in [0.29, 0.717) is 18.9 Å². The lowest BCUT2D eigenvalue weighted by Gasteiger charge is -2.32. The largest absolute Gasteiger partial charge is 0.494 e. The lowest BCUT2D eigenvalue weighted by atomic mass is 9.79. The summed E-state index contributed by atoms with van der Waals surface area (Å²) in [5.74, 6) is 1.68. The van der Waals surface area contributed by atoms with Gasteiger partial charge in [0.25, 0.3) is 0 Å². The smallest absolute Gasteiger partial charge is 0.494 e. The van der Waals surface area contributed by atoms with E-state index in [2.05, 4.69) is 27.7 Å². The number of hydrogen-bond acceptors (Lipinski definition) is 4. The zero-order valence-corrected chi connectivity index (χ0v) is 17.3. The molecule has 5 nitrogen and oxygen atoms in total. The summed E-state index contributed by atoms with van der Waals surface area (Å²) in [6.45, 7) is 9.77. The third-order valence-corrected chi connectivity index (χ3v) is 6.27. The van der Waals surface area contributed by atoms with Crippen LogP contribution in [0.1, 0.15) is 53.4 Å². The van der Waals surface area contributed by atoms with E-state index >= 15 is 0 Å². The maximum atomic E-state index is 11.8. The topological polar surface area (TPSA) is 48.0 Å². The van der Waals surface area contributed by atoms with Gasteiger partial charge in [-0.2, -0.15) is 0 Å². The third-order valence-electron chi connectivity index (χ3n) is 6.27. The van der Waals surface area contributed by atoms with Gasteiger partial charge in [-0.3, -0.25) is 4.79 Å². The van der Waals surface area contributed by atoms with Crippen LogP contribution in [0, 0.1) is 5.92 Å². The molecule has 6 heteroatoms. The molecule has 2 fully saturated rings. The summed E-state index contributed by atoms with van der Waals surface area (Å²) >= 11 is 0. The molecule has 3 rings (SSSR count). The van der Waals surface area contributed by atoms with Crippen LogP contribution in [0.15, 0.2) is 24.3 Å². The van der Waals surface area contributed by atoms with Crippen LogP contribution < -0.4 is 10.2 Å². The van der Waals surface area contributed by atoms with Crippen molar-refractivity contribution in [3.05, 3.63) is 24.3 Å². The first-order chi connectivity index (χ1) is 12.7. The Morgan fingerprint density at radius 2 is 1.74 bits per heavy atom. The molecule has 0 N–H and O–H groups in total. The van der Waals surface area contributed by atoms with Crippen LogP contribution in [-0.4, -0.2) is 49.3 Å². The van der Waals surface area contributed by atoms with Crippen molar-refractivity contribution >= 4 is 18.5 Å². The second-order valence-corrected chi connectivity index (χ2v) is 8.80. The van der Waals surface area contributed by atoms with Gasteiger partial charge < -0.3 is 18.9 Å². The van der Waals surface area contributed by atoms with E-state index in [0.717, 1.165) is 37.0 Å². The summed E-state index contributed by atoms with van der Waals surface area (Å²) < 4.78 is 18.1. The minimum Gasteiger partial charge on any atom is -0.494 e. The van der Waals surface area contributed by atoms with Crippen LogP contribution in [0.25, 0.3) is 0 Å². The van der Waals surface area contributed by atoms with E-state index in [1.54, 1.807) is 0 Å². The Balaban J connectivity index is 1.48. The fourth-order valence-electron chi connectivity index (χ4n) is 3.50. The number of likely N-dealkylation sites (tertiary alicyclic amines) is 1. The molecule has 2 saturated heterocycles. The van der Waals surface area contributed by atoms with Crippen molar-refractivity contribution in [2.45, 2.75) is 64.6 Å². The van der Waals surface area contributed by atoms with Crippen LogP contribution in [0.4, 0.5) is 0 Å². The Hall–Kier alpha value is -1.53. The highest BCUT2D eigenvalue weighted by atomic mass is 16.7. The first-order valence-corrected chi connectivity index (χ1v) is 10.0. The number of carbonyl (C=O) groups excluding carboxylic acids is 1. The normalized spacial score (nSPS) is 24.8. The van der Waals surface area contributed by atoms with Crippen molar-refractivity contribution in [3.63, 3.8) is 0 Å². The van der Waals surface area contributed by atoms with Gasteiger partial charge >= 0.3 is 7.12 Å². The maximum Gasteiger partial charge on any atom is 0.494 e. The van der Waals surface area contributed by atoms with Gasteiger partial charge in [0.15, 0.2) is 0 Å². The molecular formula is C21H32BNO4. The maximum absolute atomic E-state index is 11.8. The molecule has 1 aromatic carbocycles. The standard InChI is InChI=1S/C21H32BNO4/c1-20(2)21(3,4)27-22(26-20)17-7-9-18(10-8-17)25-15-13-16-6-11-19(24)23(5)14-12-16/h7-10,16H,6,11-15H2,1-5H3. The quantitative estimate of drug-likeness (QED) is 0.745. The second kappa shape index (κ2) is 7.84. The van der Waals surface area contributed by atoms with Crippen LogP contribution >= 0.6 is 0 Å². The molecule has 2 heterocycles. The van der Waals surface area contributed by atoms with E-state index in [1.807, 2.05) is 36.2 Å². The molecule has 0 aromatic heterocycles. The van der Waals surface area contributed by atoms with Gasteiger partial charge in [0.05, 0.1) is 17.8 Å². The zero-order chi connectivity index (χ0) is 19.7. The van der Waals surface area contributed by atoms with E-state index < -0.39 is 0 Å². The van der Waals surface area contributed by atoms with Crippen LogP contribution in [0.5, 0.6) is 5.75 Å². The Kier molecular flexibility index (Phi) is 5.87. The summed E-state index contributed by atoms with van der Waals surface area (Å²) in [7, 11) is 1.55. The average Bonchev–Trinajstić information content (AvgIpc) is 2.72. The van der Waals surface area contributed by atoms with E-state index in [-0.39, 0.29) is 24.2 Å². The minimum atomic E-state index is -0.343. The Labute approximate surface area is 163 Å². The van der Waals surface area contributed by atoms with Gasteiger partial charge in [0, 0.05) is 20.0 Å². The third kappa shape index (κ3) is 4.67. The second-order valence-electron chi connectivity index (χ2n) is 8.80. The molecule has 0 aliphatic carbocycles. The summed E-state index contributed by atoms with van der Waals surface area (Å²) in [6.07, 6.45) is 3.67. The predicted octanol–water partition coefficient (Wildman–Crippen LogP) is 3.01. The Morgan fingerprint density at radius 1 is 1.11 bits per heavy atom. The number of carbonyl (C=O) groups is 1. The monoisotopic (exact) mass is 373 g/mol. The number of rotatable bonds is 5. The fraction of sp³-hybridized carbons (Fsp3) is 0.667. The van der Waals surface area contributed by atoms with Crippen molar-refractivity contribution in [3.8, 4) is 5.75 Å². The molecule has 0 saturated carbocycles. The van der Waals surface area contributed by atoms with Gasteiger partial charge in [-0.05, 0) is 70.5 Å². The predicted molar refractivity (Wildman–Crippen MR) is 107 cm³/mol. The zero-order valence-electron chi connectivity index (χ0n) is 17.3. The van der Waals surface area contributed by atoms with Gasteiger partial charge in [-0.25, -0.2) is 0 Å². The molecule has 1 atom stereocenters. The molecule has 2 aliphatic heterocycles. The van der Waals surface area contributed by atoms with Crippen molar-refractivity contribution < 1.29 is 18.8 Å². The molecule has 27 heavy (non-hydrogen) atoms. The highest BCUT2D eigenvalue weighted by Crippen LogP contribution is 2.36. The van der Waals surface area contributed by atoms with Crippen molar-refractivity contribution in [2.24, 2.45) is 5.92 Å². The molecule has 0 spiro atoms. The van der Waals surface area contributed by atoms with Crippen LogP contribution in [-0.2, 0) is 14.1 Å².